The number of hydrogen-bond acceptors (Lipinski definition) is 7. The van der Waals surface area contributed by atoms with Gasteiger partial charge in [-0.15, -0.1) is 0 Å². The lowest BCUT2D eigenvalue weighted by Gasteiger charge is -2.10. The molecule has 2 unspecified atom stereocenters. The maximum absolute atomic E-state index is 11.9. The predicted molar refractivity (Wildman–Crippen MR) is 119 cm³/mol. The number of rotatable bonds is 6. The van der Waals surface area contributed by atoms with E-state index < -0.39 is 17.8 Å². The van der Waals surface area contributed by atoms with Gasteiger partial charge in [-0.25, -0.2) is 14.6 Å². The number of para-hydroxylation sites is 1. The maximum Gasteiger partial charge on any atom is 0.316 e. The summed E-state index contributed by atoms with van der Waals surface area (Å²) in [6.45, 7) is 0.262. The Balaban J connectivity index is 1.45. The SMILES string of the molecule is Nc1ncnc2c1c(-c1ccc(Oc3ccccc3)cc1)nn2CC1CC(C(=O)O)C(=O)N1. The molecule has 10 heteroatoms. The zero-order chi connectivity index (χ0) is 22.9. The number of benzene rings is 2. The van der Waals surface area contributed by atoms with Gasteiger partial charge in [0.05, 0.1) is 11.9 Å². The fraction of sp³-hybridized carbons (Fsp3) is 0.174. The summed E-state index contributed by atoms with van der Waals surface area (Å²) in [5.41, 5.74) is 8.05. The lowest BCUT2D eigenvalue weighted by molar-refractivity contribution is -0.145. The third kappa shape index (κ3) is 3.93. The van der Waals surface area contributed by atoms with Gasteiger partial charge in [0.15, 0.2) is 5.65 Å². The molecule has 1 aliphatic heterocycles. The van der Waals surface area contributed by atoms with Crippen molar-refractivity contribution in [3.8, 4) is 22.8 Å². The molecule has 166 valence electrons. The van der Waals surface area contributed by atoms with E-state index in [1.54, 1.807) is 4.68 Å². The Hall–Kier alpha value is -4.47. The molecule has 0 aliphatic carbocycles. The Morgan fingerprint density at radius 3 is 2.55 bits per heavy atom. The molecule has 0 bridgehead atoms. The molecule has 2 atom stereocenters. The minimum atomic E-state index is -1.13. The van der Waals surface area contributed by atoms with E-state index in [0.29, 0.717) is 22.5 Å². The monoisotopic (exact) mass is 444 g/mol. The van der Waals surface area contributed by atoms with Crippen molar-refractivity contribution in [3.63, 3.8) is 0 Å². The second kappa shape index (κ2) is 8.23. The highest BCUT2D eigenvalue weighted by atomic mass is 16.5. The van der Waals surface area contributed by atoms with Crippen LogP contribution in [0.2, 0.25) is 0 Å². The molecule has 0 radical (unpaired) electrons. The molecule has 3 heterocycles. The number of anilines is 1. The van der Waals surface area contributed by atoms with Crippen molar-refractivity contribution in [2.75, 3.05) is 5.73 Å². The summed E-state index contributed by atoms with van der Waals surface area (Å²) in [6, 6.07) is 16.5. The third-order valence-electron chi connectivity index (χ3n) is 5.54. The van der Waals surface area contributed by atoms with Crippen LogP contribution >= 0.6 is 0 Å². The number of ether oxygens (including phenoxy) is 1. The highest BCUT2D eigenvalue weighted by Crippen LogP contribution is 2.32. The first-order chi connectivity index (χ1) is 16.0. The fourth-order valence-corrected chi connectivity index (χ4v) is 3.96. The van der Waals surface area contributed by atoms with E-state index in [-0.39, 0.29) is 24.8 Å². The van der Waals surface area contributed by atoms with Crippen molar-refractivity contribution in [2.24, 2.45) is 5.92 Å². The van der Waals surface area contributed by atoms with Crippen molar-refractivity contribution < 1.29 is 19.4 Å². The number of fused-ring (bicyclic) bond motifs is 1. The van der Waals surface area contributed by atoms with Crippen LogP contribution in [0.25, 0.3) is 22.3 Å². The number of carboxylic acid groups (broad SMARTS) is 1. The van der Waals surface area contributed by atoms with E-state index >= 15 is 0 Å². The number of aliphatic carboxylic acids is 1. The molecule has 1 amide bonds. The number of aromatic nitrogens is 4. The number of nitrogen functional groups attached to an aromatic ring is 1. The molecule has 10 nitrogen and oxygen atoms in total. The van der Waals surface area contributed by atoms with Crippen LogP contribution in [0.5, 0.6) is 11.5 Å². The highest BCUT2D eigenvalue weighted by molar-refractivity contribution is 5.99. The van der Waals surface area contributed by atoms with Gasteiger partial charge in [0.25, 0.3) is 0 Å². The Morgan fingerprint density at radius 2 is 1.85 bits per heavy atom. The zero-order valence-electron chi connectivity index (χ0n) is 17.4. The van der Waals surface area contributed by atoms with E-state index in [9.17, 15) is 14.7 Å². The van der Waals surface area contributed by atoms with Crippen molar-refractivity contribution in [2.45, 2.75) is 19.0 Å². The summed E-state index contributed by atoms with van der Waals surface area (Å²) >= 11 is 0. The highest BCUT2D eigenvalue weighted by Gasteiger charge is 2.37. The van der Waals surface area contributed by atoms with E-state index in [1.807, 2.05) is 54.6 Å². The molecule has 0 spiro atoms. The number of hydrogen-bond donors (Lipinski definition) is 3. The van der Waals surface area contributed by atoms with Crippen LogP contribution in [0.3, 0.4) is 0 Å². The molecule has 2 aromatic heterocycles. The molecule has 1 fully saturated rings. The molecular formula is C23H20N6O4. The van der Waals surface area contributed by atoms with Gasteiger partial charge in [-0.3, -0.25) is 9.59 Å². The molecular weight excluding hydrogens is 424 g/mol. The summed E-state index contributed by atoms with van der Waals surface area (Å²) in [5, 5.41) is 17.2. The molecule has 0 saturated carbocycles. The van der Waals surface area contributed by atoms with Crippen LogP contribution in [-0.4, -0.2) is 42.8 Å². The topological polar surface area (TPSA) is 145 Å². The summed E-state index contributed by atoms with van der Waals surface area (Å²) in [4.78, 5) is 31.6. The van der Waals surface area contributed by atoms with Gasteiger partial charge in [-0.1, -0.05) is 18.2 Å². The number of carboxylic acids is 1. The Kier molecular flexibility index (Phi) is 5.09. The quantitative estimate of drug-likeness (QED) is 0.385. The number of nitrogens with zero attached hydrogens (tertiary/aromatic N) is 4. The van der Waals surface area contributed by atoms with Crippen LogP contribution in [0, 0.1) is 5.92 Å². The Bertz CT molecular complexity index is 1340. The fourth-order valence-electron chi connectivity index (χ4n) is 3.96. The van der Waals surface area contributed by atoms with E-state index in [0.717, 1.165) is 11.3 Å². The lowest BCUT2D eigenvalue weighted by atomic mass is 10.1. The van der Waals surface area contributed by atoms with Gasteiger partial charge < -0.3 is 20.9 Å². The van der Waals surface area contributed by atoms with Crippen molar-refractivity contribution >= 4 is 28.7 Å². The van der Waals surface area contributed by atoms with Crippen molar-refractivity contribution in [1.82, 2.24) is 25.1 Å². The third-order valence-corrected chi connectivity index (χ3v) is 5.54. The molecule has 1 saturated heterocycles. The molecule has 1 aliphatic rings. The minimum absolute atomic E-state index is 0.178. The molecule has 5 rings (SSSR count). The van der Waals surface area contributed by atoms with Gasteiger partial charge in [0.2, 0.25) is 5.91 Å². The molecule has 4 N–H and O–H groups in total. The molecule has 2 aromatic carbocycles. The molecule has 4 aromatic rings. The summed E-state index contributed by atoms with van der Waals surface area (Å²) in [5.74, 6) is -1.00. The standard InChI is InChI=1S/C23H20N6O4/c24-20-18-19(13-6-8-16(9-7-13)33-15-4-2-1-3-5-15)28-29(21(18)26-12-25-20)11-14-10-17(23(31)32)22(30)27-14/h1-9,12,14,17H,10-11H2,(H,27,30)(H,31,32)(H2,24,25,26). The second-order valence-corrected chi connectivity index (χ2v) is 7.76. The van der Waals surface area contributed by atoms with Crippen LogP contribution in [0.4, 0.5) is 5.82 Å². The maximum atomic E-state index is 11.9. The van der Waals surface area contributed by atoms with E-state index in [1.165, 1.54) is 6.33 Å². The van der Waals surface area contributed by atoms with Crippen molar-refractivity contribution in [3.05, 3.63) is 60.9 Å². The first-order valence-electron chi connectivity index (χ1n) is 10.3. The average Bonchev–Trinajstić information content (AvgIpc) is 3.36. The van der Waals surface area contributed by atoms with E-state index in [2.05, 4.69) is 20.4 Å². The number of nitrogens with one attached hydrogen (secondary N) is 1. The second-order valence-electron chi connectivity index (χ2n) is 7.76. The number of amides is 1. The van der Waals surface area contributed by atoms with Gasteiger partial charge in [-0.2, -0.15) is 5.10 Å². The largest absolute Gasteiger partial charge is 0.481 e. The summed E-state index contributed by atoms with van der Waals surface area (Å²) < 4.78 is 7.48. The van der Waals surface area contributed by atoms with E-state index in [4.69, 9.17) is 10.5 Å². The smallest absolute Gasteiger partial charge is 0.316 e. The van der Waals surface area contributed by atoms with Crippen LogP contribution < -0.4 is 15.8 Å². The predicted octanol–water partition coefficient (Wildman–Crippen LogP) is 2.46. The average molecular weight is 444 g/mol. The van der Waals surface area contributed by atoms with Gasteiger partial charge in [0.1, 0.15) is 35.3 Å². The number of nitrogens with two attached hydrogens (primary N) is 1. The van der Waals surface area contributed by atoms with Gasteiger partial charge in [-0.05, 0) is 42.8 Å². The minimum Gasteiger partial charge on any atom is -0.481 e. The molecule has 33 heavy (non-hydrogen) atoms. The van der Waals surface area contributed by atoms with Gasteiger partial charge in [0, 0.05) is 11.6 Å². The van der Waals surface area contributed by atoms with Crippen LogP contribution in [-0.2, 0) is 16.1 Å². The van der Waals surface area contributed by atoms with Crippen molar-refractivity contribution in [1.29, 1.82) is 0 Å². The summed E-state index contributed by atoms with van der Waals surface area (Å²) in [7, 11) is 0. The van der Waals surface area contributed by atoms with Gasteiger partial charge >= 0.3 is 5.97 Å². The Labute approximate surface area is 188 Å². The normalized spacial score (nSPS) is 17.8. The Morgan fingerprint density at radius 1 is 1.12 bits per heavy atom. The lowest BCUT2D eigenvalue weighted by Crippen LogP contribution is -2.31. The summed E-state index contributed by atoms with van der Waals surface area (Å²) in [6.07, 6.45) is 1.53. The first kappa shape index (κ1) is 20.4. The zero-order valence-corrected chi connectivity index (χ0v) is 17.4. The van der Waals surface area contributed by atoms with Crippen LogP contribution in [0.1, 0.15) is 6.42 Å². The van der Waals surface area contributed by atoms with Crippen LogP contribution in [0.15, 0.2) is 60.9 Å². The first-order valence-corrected chi connectivity index (χ1v) is 10.3. The number of carbonyl (C=O) groups is 2. The number of carbonyl (C=O) groups excluding carboxylic acids is 1.